The summed E-state index contributed by atoms with van der Waals surface area (Å²) in [7, 11) is 0. The zero-order valence-electron chi connectivity index (χ0n) is 11.3. The number of nitrogens with one attached hydrogen (secondary N) is 1. The van der Waals surface area contributed by atoms with Gasteiger partial charge in [-0.25, -0.2) is 9.67 Å². The van der Waals surface area contributed by atoms with Gasteiger partial charge in [-0.05, 0) is 19.3 Å². The first-order valence-electron chi connectivity index (χ1n) is 7.05. The minimum Gasteiger partial charge on any atom is -0.378 e. The normalized spacial score (nSPS) is 16.4. The molecule has 0 atom stereocenters. The van der Waals surface area contributed by atoms with Gasteiger partial charge in [0, 0.05) is 13.2 Å². The third-order valence-electron chi connectivity index (χ3n) is 3.32. The number of nitrogens with zero attached hydrogens (tertiary/aromatic N) is 3. The summed E-state index contributed by atoms with van der Waals surface area (Å²) in [6, 6.07) is 0. The summed E-state index contributed by atoms with van der Waals surface area (Å²) in [5.74, 6) is -0.0387. The summed E-state index contributed by atoms with van der Waals surface area (Å²) >= 11 is 0. The Morgan fingerprint density at radius 1 is 1.37 bits per heavy atom. The summed E-state index contributed by atoms with van der Waals surface area (Å²) in [5.41, 5.74) is 0. The van der Waals surface area contributed by atoms with Gasteiger partial charge in [0.05, 0.1) is 6.10 Å². The molecule has 6 nitrogen and oxygen atoms in total. The molecule has 0 radical (unpaired) electrons. The monoisotopic (exact) mass is 266 g/mol. The Labute approximate surface area is 113 Å². The highest BCUT2D eigenvalue weighted by atomic mass is 16.5. The molecule has 0 aromatic carbocycles. The van der Waals surface area contributed by atoms with E-state index in [1.165, 1.54) is 49.4 Å². The standard InChI is InChI=1S/C13H22N4O2/c18-13(9-17-11-14-10-16-17)15-7-4-8-19-12-5-2-1-3-6-12/h10-12H,1-9H2,(H,15,18). The van der Waals surface area contributed by atoms with Crippen LogP contribution < -0.4 is 5.32 Å². The third-order valence-corrected chi connectivity index (χ3v) is 3.32. The van der Waals surface area contributed by atoms with Crippen LogP contribution in [0.25, 0.3) is 0 Å². The minimum atomic E-state index is -0.0387. The molecule has 1 N–H and O–H groups in total. The van der Waals surface area contributed by atoms with E-state index < -0.39 is 0 Å². The summed E-state index contributed by atoms with van der Waals surface area (Å²) in [5, 5.41) is 6.73. The Hall–Kier alpha value is -1.43. The molecule has 19 heavy (non-hydrogen) atoms. The molecule has 0 spiro atoms. The van der Waals surface area contributed by atoms with Crippen LogP contribution in [0.15, 0.2) is 12.7 Å². The maximum absolute atomic E-state index is 11.5. The predicted octanol–water partition coefficient (Wildman–Crippen LogP) is 1.13. The van der Waals surface area contributed by atoms with Crippen LogP contribution in [0.2, 0.25) is 0 Å². The van der Waals surface area contributed by atoms with Crippen LogP contribution in [-0.4, -0.2) is 39.9 Å². The fraction of sp³-hybridized carbons (Fsp3) is 0.769. The summed E-state index contributed by atoms with van der Waals surface area (Å²) in [6.45, 7) is 1.61. The first kappa shape index (κ1) is 14.0. The largest absolute Gasteiger partial charge is 0.378 e. The van der Waals surface area contributed by atoms with Gasteiger partial charge in [0.15, 0.2) is 0 Å². The van der Waals surface area contributed by atoms with Gasteiger partial charge >= 0.3 is 0 Å². The smallest absolute Gasteiger partial charge is 0.241 e. The summed E-state index contributed by atoms with van der Waals surface area (Å²) < 4.78 is 7.30. The van der Waals surface area contributed by atoms with E-state index in [0.29, 0.717) is 12.6 Å². The zero-order chi connectivity index (χ0) is 13.3. The molecule has 1 amide bonds. The van der Waals surface area contributed by atoms with Gasteiger partial charge in [-0.15, -0.1) is 0 Å². The van der Waals surface area contributed by atoms with Crippen molar-refractivity contribution in [1.29, 1.82) is 0 Å². The van der Waals surface area contributed by atoms with Crippen LogP contribution in [0.4, 0.5) is 0 Å². The van der Waals surface area contributed by atoms with Gasteiger partial charge in [-0.3, -0.25) is 4.79 Å². The lowest BCUT2D eigenvalue weighted by Crippen LogP contribution is -2.29. The van der Waals surface area contributed by atoms with Gasteiger partial charge in [-0.2, -0.15) is 5.10 Å². The van der Waals surface area contributed by atoms with Crippen molar-refractivity contribution in [2.45, 2.75) is 51.2 Å². The molecule has 6 heteroatoms. The Bertz CT molecular complexity index is 361. The first-order chi connectivity index (χ1) is 9.34. The average Bonchev–Trinajstić information content (AvgIpc) is 2.92. The Kier molecular flexibility index (Phi) is 5.81. The molecule has 0 saturated heterocycles. The quantitative estimate of drug-likeness (QED) is 0.751. The lowest BCUT2D eigenvalue weighted by Gasteiger charge is -2.21. The lowest BCUT2D eigenvalue weighted by atomic mass is 9.98. The molecule has 0 bridgehead atoms. The van der Waals surface area contributed by atoms with Crippen LogP contribution >= 0.6 is 0 Å². The molecule has 0 aliphatic heterocycles. The molecular formula is C13H22N4O2. The van der Waals surface area contributed by atoms with Crippen LogP contribution in [0.3, 0.4) is 0 Å². The van der Waals surface area contributed by atoms with E-state index in [4.69, 9.17) is 4.74 Å². The topological polar surface area (TPSA) is 69.0 Å². The van der Waals surface area contributed by atoms with E-state index in [2.05, 4.69) is 15.4 Å². The highest BCUT2D eigenvalue weighted by Gasteiger charge is 2.13. The van der Waals surface area contributed by atoms with Crippen molar-refractivity contribution in [3.8, 4) is 0 Å². The van der Waals surface area contributed by atoms with Crippen molar-refractivity contribution >= 4 is 5.91 Å². The van der Waals surface area contributed by atoms with Crippen molar-refractivity contribution in [1.82, 2.24) is 20.1 Å². The Morgan fingerprint density at radius 2 is 2.21 bits per heavy atom. The van der Waals surface area contributed by atoms with Gasteiger partial charge in [0.2, 0.25) is 5.91 Å². The third kappa shape index (κ3) is 5.38. The molecule has 106 valence electrons. The zero-order valence-corrected chi connectivity index (χ0v) is 11.3. The molecule has 1 fully saturated rings. The minimum absolute atomic E-state index is 0.0387. The molecular weight excluding hydrogens is 244 g/mol. The van der Waals surface area contributed by atoms with Crippen molar-refractivity contribution in [3.05, 3.63) is 12.7 Å². The number of hydrogen-bond donors (Lipinski definition) is 1. The van der Waals surface area contributed by atoms with Gasteiger partial charge in [0.1, 0.15) is 19.2 Å². The molecule has 2 rings (SSSR count). The Balaban J connectivity index is 1.48. The van der Waals surface area contributed by atoms with Gasteiger partial charge in [0.25, 0.3) is 0 Å². The Morgan fingerprint density at radius 3 is 2.95 bits per heavy atom. The van der Waals surface area contributed by atoms with E-state index >= 15 is 0 Å². The fourth-order valence-corrected chi connectivity index (χ4v) is 2.30. The number of rotatable bonds is 7. The molecule has 1 aliphatic rings. The van der Waals surface area contributed by atoms with Crippen LogP contribution in [-0.2, 0) is 16.1 Å². The lowest BCUT2D eigenvalue weighted by molar-refractivity contribution is -0.121. The van der Waals surface area contributed by atoms with Crippen LogP contribution in [0, 0.1) is 0 Å². The van der Waals surface area contributed by atoms with Crippen LogP contribution in [0.5, 0.6) is 0 Å². The molecule has 0 unspecified atom stereocenters. The average molecular weight is 266 g/mol. The SMILES string of the molecule is O=C(Cn1cncn1)NCCCOC1CCCCC1. The number of hydrogen-bond acceptors (Lipinski definition) is 4. The molecule has 1 aromatic heterocycles. The summed E-state index contributed by atoms with van der Waals surface area (Å²) in [6.07, 6.45) is 10.6. The molecule has 1 aromatic rings. The number of amides is 1. The highest BCUT2D eigenvalue weighted by Crippen LogP contribution is 2.20. The van der Waals surface area contributed by atoms with Crippen molar-refractivity contribution in [2.24, 2.45) is 0 Å². The number of carbonyl (C=O) groups is 1. The maximum atomic E-state index is 11.5. The number of ether oxygens (including phenoxy) is 1. The van der Waals surface area contributed by atoms with Crippen molar-refractivity contribution in [2.75, 3.05) is 13.2 Å². The summed E-state index contributed by atoms with van der Waals surface area (Å²) in [4.78, 5) is 15.3. The fourth-order valence-electron chi connectivity index (χ4n) is 2.30. The van der Waals surface area contributed by atoms with E-state index in [9.17, 15) is 4.79 Å². The number of carbonyl (C=O) groups excluding carboxylic acids is 1. The maximum Gasteiger partial charge on any atom is 0.241 e. The highest BCUT2D eigenvalue weighted by molar-refractivity contribution is 5.75. The molecule has 1 heterocycles. The number of aromatic nitrogens is 3. The van der Waals surface area contributed by atoms with Gasteiger partial charge in [-0.1, -0.05) is 19.3 Å². The van der Waals surface area contributed by atoms with E-state index in [1.54, 1.807) is 0 Å². The van der Waals surface area contributed by atoms with E-state index in [1.807, 2.05) is 0 Å². The predicted molar refractivity (Wildman–Crippen MR) is 70.5 cm³/mol. The second-order valence-electron chi connectivity index (χ2n) is 4.93. The van der Waals surface area contributed by atoms with Crippen molar-refractivity contribution < 1.29 is 9.53 Å². The second kappa shape index (κ2) is 7.89. The van der Waals surface area contributed by atoms with Gasteiger partial charge < -0.3 is 10.1 Å². The van der Waals surface area contributed by atoms with Crippen molar-refractivity contribution in [3.63, 3.8) is 0 Å². The van der Waals surface area contributed by atoms with Crippen LogP contribution in [0.1, 0.15) is 38.5 Å². The first-order valence-corrected chi connectivity index (χ1v) is 7.05. The molecule has 1 saturated carbocycles. The van der Waals surface area contributed by atoms with E-state index in [0.717, 1.165) is 13.0 Å². The molecule has 1 aliphatic carbocycles. The van der Waals surface area contributed by atoms with E-state index in [-0.39, 0.29) is 12.5 Å². The second-order valence-corrected chi connectivity index (χ2v) is 4.93.